The largest absolute Gasteiger partial charge is 0.491 e. The number of benzene rings is 2. The monoisotopic (exact) mass is 419 g/mol. The summed E-state index contributed by atoms with van der Waals surface area (Å²) in [6.45, 7) is 4.41. The summed E-state index contributed by atoms with van der Waals surface area (Å²) in [4.78, 5) is 18.3. The van der Waals surface area contributed by atoms with Crippen LogP contribution in [0.1, 0.15) is 29.1 Å². The van der Waals surface area contributed by atoms with Crippen molar-refractivity contribution in [1.29, 1.82) is 0 Å². The molecular formula is C23H21N3O3S. The predicted octanol–water partition coefficient (Wildman–Crippen LogP) is 5.18. The molecule has 0 aliphatic carbocycles. The number of hydrogen-bond donors (Lipinski definition) is 1. The van der Waals surface area contributed by atoms with Crippen molar-refractivity contribution in [1.82, 2.24) is 15.5 Å². The van der Waals surface area contributed by atoms with Crippen LogP contribution in [0.15, 0.2) is 71.3 Å². The number of aromatic nitrogens is 2. The molecular weight excluding hydrogens is 398 g/mol. The smallest absolute Gasteiger partial charge is 0.261 e. The maximum atomic E-state index is 12.5. The molecule has 6 nitrogen and oxygen atoms in total. The number of ether oxygens (including phenoxy) is 1. The Labute approximate surface area is 178 Å². The van der Waals surface area contributed by atoms with Crippen LogP contribution in [0, 0.1) is 0 Å². The molecule has 0 saturated heterocycles. The van der Waals surface area contributed by atoms with Gasteiger partial charge in [-0.05, 0) is 55.8 Å². The number of nitrogens with one attached hydrogen (secondary N) is 1. The molecule has 1 N–H and O–H groups in total. The minimum Gasteiger partial charge on any atom is -0.491 e. The van der Waals surface area contributed by atoms with E-state index in [0.717, 1.165) is 21.8 Å². The number of thiophene rings is 1. The van der Waals surface area contributed by atoms with Crippen LogP contribution in [-0.2, 0) is 6.54 Å². The molecule has 0 aliphatic rings. The Kier molecular flexibility index (Phi) is 5.90. The van der Waals surface area contributed by atoms with Gasteiger partial charge in [0.05, 0.1) is 15.9 Å². The highest BCUT2D eigenvalue weighted by atomic mass is 32.1. The van der Waals surface area contributed by atoms with E-state index in [1.165, 1.54) is 11.3 Å². The van der Waals surface area contributed by atoms with Gasteiger partial charge in [0.2, 0.25) is 5.82 Å². The lowest BCUT2D eigenvalue weighted by molar-refractivity contribution is 0.0955. The van der Waals surface area contributed by atoms with Gasteiger partial charge < -0.3 is 14.6 Å². The number of carbonyl (C=O) groups excluding carboxylic acids is 1. The molecule has 2 aromatic carbocycles. The summed E-state index contributed by atoms with van der Waals surface area (Å²) in [6, 6.07) is 20.9. The molecule has 1 amide bonds. The molecule has 0 fully saturated rings. The van der Waals surface area contributed by atoms with Crippen molar-refractivity contribution in [3.8, 4) is 27.9 Å². The van der Waals surface area contributed by atoms with Gasteiger partial charge in [-0.2, -0.15) is 4.98 Å². The van der Waals surface area contributed by atoms with Gasteiger partial charge in [-0.15, -0.1) is 11.3 Å². The zero-order valence-electron chi connectivity index (χ0n) is 16.7. The first-order valence-electron chi connectivity index (χ1n) is 9.61. The van der Waals surface area contributed by atoms with E-state index in [9.17, 15) is 4.79 Å². The SMILES string of the molecule is CC(C)Oc1ccc(CNC(=O)c2ccc(-c3noc(-c4ccccc4)n3)s2)cc1. The maximum Gasteiger partial charge on any atom is 0.261 e. The van der Waals surface area contributed by atoms with E-state index >= 15 is 0 Å². The highest BCUT2D eigenvalue weighted by Crippen LogP contribution is 2.28. The average molecular weight is 420 g/mol. The molecule has 0 unspecified atom stereocenters. The molecule has 0 spiro atoms. The number of amides is 1. The Morgan fingerprint density at radius 3 is 2.57 bits per heavy atom. The molecule has 152 valence electrons. The van der Waals surface area contributed by atoms with Crippen LogP contribution >= 0.6 is 11.3 Å². The third-order valence-corrected chi connectivity index (χ3v) is 5.33. The molecule has 4 aromatic rings. The molecule has 0 saturated carbocycles. The molecule has 4 rings (SSSR count). The zero-order valence-corrected chi connectivity index (χ0v) is 17.5. The third-order valence-electron chi connectivity index (χ3n) is 4.25. The summed E-state index contributed by atoms with van der Waals surface area (Å²) in [5.41, 5.74) is 1.86. The number of rotatable bonds is 7. The van der Waals surface area contributed by atoms with Gasteiger partial charge in [0.1, 0.15) is 5.75 Å². The average Bonchev–Trinajstić information content (AvgIpc) is 3.43. The standard InChI is InChI=1S/C23H21N3O3S/c1-15(2)28-18-10-8-16(9-11-18)14-24-22(27)20-13-12-19(30-20)21-25-23(29-26-21)17-6-4-3-5-7-17/h3-13,15H,14H2,1-2H3,(H,24,27). The van der Waals surface area contributed by atoms with Crippen molar-refractivity contribution in [2.45, 2.75) is 26.5 Å². The van der Waals surface area contributed by atoms with Gasteiger partial charge in [-0.3, -0.25) is 4.79 Å². The lowest BCUT2D eigenvalue weighted by Gasteiger charge is -2.10. The molecule has 7 heteroatoms. The first kappa shape index (κ1) is 19.8. The fourth-order valence-corrected chi connectivity index (χ4v) is 3.68. The minimum absolute atomic E-state index is 0.131. The molecule has 30 heavy (non-hydrogen) atoms. The molecule has 0 atom stereocenters. The van der Waals surface area contributed by atoms with E-state index in [-0.39, 0.29) is 12.0 Å². The van der Waals surface area contributed by atoms with E-state index in [1.54, 1.807) is 6.07 Å². The Morgan fingerprint density at radius 2 is 1.83 bits per heavy atom. The third kappa shape index (κ3) is 4.75. The maximum absolute atomic E-state index is 12.5. The number of carbonyl (C=O) groups is 1. The Morgan fingerprint density at radius 1 is 1.07 bits per heavy atom. The van der Waals surface area contributed by atoms with Crippen molar-refractivity contribution in [2.75, 3.05) is 0 Å². The summed E-state index contributed by atoms with van der Waals surface area (Å²) in [5, 5.41) is 6.98. The Balaban J connectivity index is 1.38. The predicted molar refractivity (Wildman–Crippen MR) is 116 cm³/mol. The lowest BCUT2D eigenvalue weighted by atomic mass is 10.2. The van der Waals surface area contributed by atoms with Crippen LogP contribution in [0.3, 0.4) is 0 Å². The lowest BCUT2D eigenvalue weighted by Crippen LogP contribution is -2.21. The van der Waals surface area contributed by atoms with Crippen LogP contribution in [0.5, 0.6) is 5.75 Å². The van der Waals surface area contributed by atoms with Crippen molar-refractivity contribution in [2.24, 2.45) is 0 Å². The second-order valence-electron chi connectivity index (χ2n) is 6.95. The van der Waals surface area contributed by atoms with Crippen LogP contribution in [0.4, 0.5) is 0 Å². The van der Waals surface area contributed by atoms with Crippen LogP contribution in [0.25, 0.3) is 22.2 Å². The Hall–Kier alpha value is -3.45. The number of hydrogen-bond acceptors (Lipinski definition) is 6. The highest BCUT2D eigenvalue weighted by Gasteiger charge is 2.15. The van der Waals surface area contributed by atoms with Gasteiger partial charge in [0.25, 0.3) is 11.8 Å². The summed E-state index contributed by atoms with van der Waals surface area (Å²) in [7, 11) is 0. The van der Waals surface area contributed by atoms with Crippen LogP contribution in [-0.4, -0.2) is 22.2 Å². The minimum atomic E-state index is -0.138. The van der Waals surface area contributed by atoms with Crippen molar-refractivity contribution >= 4 is 17.2 Å². The quantitative estimate of drug-likeness (QED) is 0.446. The van der Waals surface area contributed by atoms with Gasteiger partial charge in [0.15, 0.2) is 0 Å². The van der Waals surface area contributed by atoms with E-state index in [4.69, 9.17) is 9.26 Å². The fourth-order valence-electron chi connectivity index (χ4n) is 2.83. The molecule has 0 radical (unpaired) electrons. The normalized spacial score (nSPS) is 10.9. The molecule has 0 bridgehead atoms. The molecule has 2 heterocycles. The van der Waals surface area contributed by atoms with Gasteiger partial charge in [-0.25, -0.2) is 0 Å². The van der Waals surface area contributed by atoms with E-state index in [0.29, 0.717) is 23.1 Å². The fraction of sp³-hybridized carbons (Fsp3) is 0.174. The van der Waals surface area contributed by atoms with Gasteiger partial charge in [-0.1, -0.05) is 35.5 Å². The highest BCUT2D eigenvalue weighted by molar-refractivity contribution is 7.17. The Bertz CT molecular complexity index is 1120. The van der Waals surface area contributed by atoms with Crippen molar-refractivity contribution in [3.63, 3.8) is 0 Å². The zero-order chi connectivity index (χ0) is 20.9. The van der Waals surface area contributed by atoms with Crippen LogP contribution in [0.2, 0.25) is 0 Å². The summed E-state index contributed by atoms with van der Waals surface area (Å²) in [6.07, 6.45) is 0.131. The topological polar surface area (TPSA) is 77.2 Å². The summed E-state index contributed by atoms with van der Waals surface area (Å²) < 4.78 is 11.0. The summed E-state index contributed by atoms with van der Waals surface area (Å²) in [5.74, 6) is 1.60. The van der Waals surface area contributed by atoms with Gasteiger partial charge in [0, 0.05) is 12.1 Å². The van der Waals surface area contributed by atoms with Gasteiger partial charge >= 0.3 is 0 Å². The first-order valence-corrected chi connectivity index (χ1v) is 10.4. The van der Waals surface area contributed by atoms with Crippen molar-refractivity contribution < 1.29 is 14.1 Å². The van der Waals surface area contributed by atoms with E-state index < -0.39 is 0 Å². The van der Waals surface area contributed by atoms with E-state index in [2.05, 4.69) is 15.5 Å². The molecule has 0 aliphatic heterocycles. The molecule has 2 aromatic heterocycles. The first-order chi connectivity index (χ1) is 14.6. The van der Waals surface area contributed by atoms with Crippen molar-refractivity contribution in [3.05, 3.63) is 77.2 Å². The second kappa shape index (κ2) is 8.92. The van der Waals surface area contributed by atoms with Crippen LogP contribution < -0.4 is 10.1 Å². The summed E-state index contributed by atoms with van der Waals surface area (Å²) >= 11 is 1.33. The number of nitrogens with zero attached hydrogens (tertiary/aromatic N) is 2. The second-order valence-corrected chi connectivity index (χ2v) is 8.03. The van der Waals surface area contributed by atoms with E-state index in [1.807, 2.05) is 74.5 Å².